The Labute approximate surface area is 172 Å². The summed E-state index contributed by atoms with van der Waals surface area (Å²) in [6, 6.07) is 17.3. The van der Waals surface area contributed by atoms with Crippen LogP contribution < -0.4 is 15.4 Å². The SMILES string of the molecule is FC(F)(F)Oc1cccc(-c2cc(Nc3ccccc3)nc(NC3CCCC3)n2)c1. The molecule has 1 saturated carbocycles. The molecule has 30 heavy (non-hydrogen) atoms. The van der Waals surface area contributed by atoms with Gasteiger partial charge in [0.05, 0.1) is 5.69 Å². The maximum Gasteiger partial charge on any atom is 0.573 e. The first-order valence-electron chi connectivity index (χ1n) is 9.78. The van der Waals surface area contributed by atoms with Crippen molar-refractivity contribution in [3.8, 4) is 17.0 Å². The van der Waals surface area contributed by atoms with Gasteiger partial charge in [-0.2, -0.15) is 4.98 Å². The Balaban J connectivity index is 1.67. The first-order valence-corrected chi connectivity index (χ1v) is 9.78. The van der Waals surface area contributed by atoms with Crippen LogP contribution in [0.4, 0.5) is 30.6 Å². The van der Waals surface area contributed by atoms with E-state index >= 15 is 0 Å². The fourth-order valence-corrected chi connectivity index (χ4v) is 3.50. The van der Waals surface area contributed by atoms with E-state index in [2.05, 4.69) is 25.3 Å². The summed E-state index contributed by atoms with van der Waals surface area (Å²) in [4.78, 5) is 9.10. The number of rotatable bonds is 6. The van der Waals surface area contributed by atoms with Crippen LogP contribution in [0, 0.1) is 0 Å². The predicted octanol–water partition coefficient (Wildman–Crippen LogP) is 6.14. The summed E-state index contributed by atoms with van der Waals surface area (Å²) in [6.07, 6.45) is -0.347. The summed E-state index contributed by atoms with van der Waals surface area (Å²) < 4.78 is 41.9. The summed E-state index contributed by atoms with van der Waals surface area (Å²) in [5.41, 5.74) is 1.85. The highest BCUT2D eigenvalue weighted by molar-refractivity contribution is 5.68. The van der Waals surface area contributed by atoms with E-state index in [1.54, 1.807) is 12.1 Å². The average molecular weight is 414 g/mol. The van der Waals surface area contributed by atoms with E-state index in [1.165, 1.54) is 18.2 Å². The van der Waals surface area contributed by atoms with E-state index in [1.807, 2.05) is 30.3 Å². The zero-order valence-corrected chi connectivity index (χ0v) is 16.1. The predicted molar refractivity (Wildman–Crippen MR) is 110 cm³/mol. The molecule has 1 fully saturated rings. The van der Waals surface area contributed by atoms with Crippen molar-refractivity contribution in [2.45, 2.75) is 38.1 Å². The third-order valence-corrected chi connectivity index (χ3v) is 4.82. The molecular formula is C22H21F3N4O. The van der Waals surface area contributed by atoms with Crippen molar-refractivity contribution in [1.82, 2.24) is 9.97 Å². The quantitative estimate of drug-likeness (QED) is 0.507. The summed E-state index contributed by atoms with van der Waals surface area (Å²) >= 11 is 0. The van der Waals surface area contributed by atoms with Gasteiger partial charge in [-0.15, -0.1) is 13.2 Å². The van der Waals surface area contributed by atoms with Crippen molar-refractivity contribution in [3.05, 3.63) is 60.7 Å². The van der Waals surface area contributed by atoms with Crippen LogP contribution in [0.3, 0.4) is 0 Å². The lowest BCUT2D eigenvalue weighted by Gasteiger charge is -2.15. The van der Waals surface area contributed by atoms with Gasteiger partial charge in [0.25, 0.3) is 0 Å². The van der Waals surface area contributed by atoms with Crippen LogP contribution >= 0.6 is 0 Å². The molecule has 0 radical (unpaired) electrons. The fraction of sp³-hybridized carbons (Fsp3) is 0.273. The number of nitrogens with one attached hydrogen (secondary N) is 2. The molecule has 1 heterocycles. The molecular weight excluding hydrogens is 393 g/mol. The molecule has 5 nitrogen and oxygen atoms in total. The first kappa shape index (κ1) is 20.0. The second-order valence-electron chi connectivity index (χ2n) is 7.15. The number of halogens is 3. The lowest BCUT2D eigenvalue weighted by molar-refractivity contribution is -0.274. The van der Waals surface area contributed by atoms with Crippen LogP contribution in [0.1, 0.15) is 25.7 Å². The lowest BCUT2D eigenvalue weighted by atomic mass is 10.1. The van der Waals surface area contributed by atoms with E-state index in [9.17, 15) is 13.2 Å². The van der Waals surface area contributed by atoms with Gasteiger partial charge >= 0.3 is 6.36 Å². The number of aromatic nitrogens is 2. The fourth-order valence-electron chi connectivity index (χ4n) is 3.50. The highest BCUT2D eigenvalue weighted by Gasteiger charge is 2.31. The molecule has 0 spiro atoms. The number of hydrogen-bond donors (Lipinski definition) is 2. The van der Waals surface area contributed by atoms with Crippen molar-refractivity contribution >= 4 is 17.5 Å². The maximum atomic E-state index is 12.6. The van der Waals surface area contributed by atoms with Crippen molar-refractivity contribution in [2.24, 2.45) is 0 Å². The Morgan fingerprint density at radius 2 is 1.67 bits per heavy atom. The molecule has 0 atom stereocenters. The minimum atomic E-state index is -4.75. The molecule has 0 bridgehead atoms. The minimum Gasteiger partial charge on any atom is -0.406 e. The molecule has 0 unspecified atom stereocenters. The number of benzene rings is 2. The van der Waals surface area contributed by atoms with Crippen LogP contribution in [-0.2, 0) is 0 Å². The van der Waals surface area contributed by atoms with Crippen LogP contribution in [0.15, 0.2) is 60.7 Å². The number of alkyl halides is 3. The number of ether oxygens (including phenoxy) is 1. The zero-order valence-electron chi connectivity index (χ0n) is 16.1. The van der Waals surface area contributed by atoms with Gasteiger partial charge in [-0.25, -0.2) is 4.98 Å². The summed E-state index contributed by atoms with van der Waals surface area (Å²) in [6.45, 7) is 0. The van der Waals surface area contributed by atoms with E-state index in [0.29, 0.717) is 29.1 Å². The largest absolute Gasteiger partial charge is 0.573 e. The first-order chi connectivity index (χ1) is 14.4. The molecule has 156 valence electrons. The number of anilines is 3. The molecule has 0 amide bonds. The molecule has 1 aliphatic rings. The summed E-state index contributed by atoms with van der Waals surface area (Å²) in [5, 5.41) is 6.59. The number of para-hydroxylation sites is 1. The highest BCUT2D eigenvalue weighted by atomic mass is 19.4. The molecule has 8 heteroatoms. The second kappa shape index (κ2) is 8.61. The van der Waals surface area contributed by atoms with Gasteiger partial charge in [0, 0.05) is 23.4 Å². The molecule has 0 saturated heterocycles. The van der Waals surface area contributed by atoms with Crippen molar-refractivity contribution in [3.63, 3.8) is 0 Å². The maximum absolute atomic E-state index is 12.6. The Morgan fingerprint density at radius 3 is 2.40 bits per heavy atom. The second-order valence-corrected chi connectivity index (χ2v) is 7.15. The molecule has 4 rings (SSSR count). The van der Waals surface area contributed by atoms with E-state index in [-0.39, 0.29) is 5.75 Å². The molecule has 2 aromatic carbocycles. The Bertz CT molecular complexity index is 989. The summed E-state index contributed by atoms with van der Waals surface area (Å²) in [5.74, 6) is 0.704. The molecule has 1 aromatic heterocycles. The van der Waals surface area contributed by atoms with Crippen molar-refractivity contribution in [1.29, 1.82) is 0 Å². The highest BCUT2D eigenvalue weighted by Crippen LogP contribution is 2.30. The molecule has 1 aliphatic carbocycles. The van der Waals surface area contributed by atoms with Gasteiger partial charge in [0.15, 0.2) is 0 Å². The van der Waals surface area contributed by atoms with Gasteiger partial charge in [-0.05, 0) is 37.1 Å². The van der Waals surface area contributed by atoms with E-state index < -0.39 is 6.36 Å². The van der Waals surface area contributed by atoms with Crippen LogP contribution in [-0.4, -0.2) is 22.4 Å². The van der Waals surface area contributed by atoms with Crippen LogP contribution in [0.25, 0.3) is 11.3 Å². The lowest BCUT2D eigenvalue weighted by Crippen LogP contribution is -2.17. The number of nitrogens with zero attached hydrogens (tertiary/aromatic N) is 2. The third-order valence-electron chi connectivity index (χ3n) is 4.82. The van der Waals surface area contributed by atoms with Crippen molar-refractivity contribution < 1.29 is 17.9 Å². The van der Waals surface area contributed by atoms with Crippen LogP contribution in [0.2, 0.25) is 0 Å². The smallest absolute Gasteiger partial charge is 0.406 e. The molecule has 0 aliphatic heterocycles. The Kier molecular flexibility index (Phi) is 5.74. The minimum absolute atomic E-state index is 0.290. The van der Waals surface area contributed by atoms with E-state index in [4.69, 9.17) is 0 Å². The van der Waals surface area contributed by atoms with E-state index in [0.717, 1.165) is 31.4 Å². The third kappa shape index (κ3) is 5.40. The Hall–Kier alpha value is -3.29. The van der Waals surface area contributed by atoms with Crippen LogP contribution in [0.5, 0.6) is 5.75 Å². The Morgan fingerprint density at radius 1 is 0.900 bits per heavy atom. The summed E-state index contributed by atoms with van der Waals surface area (Å²) in [7, 11) is 0. The average Bonchev–Trinajstić information content (AvgIpc) is 3.20. The topological polar surface area (TPSA) is 59.1 Å². The molecule has 2 N–H and O–H groups in total. The van der Waals surface area contributed by atoms with Gasteiger partial charge < -0.3 is 15.4 Å². The molecule has 3 aromatic rings. The van der Waals surface area contributed by atoms with Gasteiger partial charge in [0.1, 0.15) is 11.6 Å². The zero-order chi connectivity index (χ0) is 21.0. The van der Waals surface area contributed by atoms with Crippen molar-refractivity contribution in [2.75, 3.05) is 10.6 Å². The monoisotopic (exact) mass is 414 g/mol. The van der Waals surface area contributed by atoms with Gasteiger partial charge in [-0.3, -0.25) is 0 Å². The number of hydrogen-bond acceptors (Lipinski definition) is 5. The standard InChI is InChI=1S/C22H21F3N4O/c23-22(24,25)30-18-12-6-7-15(13-18)19-14-20(26-16-8-2-1-3-9-16)29-21(28-19)27-17-10-4-5-11-17/h1-3,6-9,12-14,17H,4-5,10-11H2,(H2,26,27,28,29). The normalized spacial score (nSPS) is 14.5. The van der Waals surface area contributed by atoms with Gasteiger partial charge in [0.2, 0.25) is 5.95 Å². The van der Waals surface area contributed by atoms with Gasteiger partial charge in [-0.1, -0.05) is 43.2 Å².